The molecule has 3 rings (SSSR count). The van der Waals surface area contributed by atoms with Gasteiger partial charge in [-0.1, -0.05) is 36.7 Å². The van der Waals surface area contributed by atoms with Crippen LogP contribution in [0.15, 0.2) is 65.6 Å². The molecule has 3 N–H and O–H groups in total. The number of hydrogen-bond acceptors (Lipinski definition) is 5. The Hall–Kier alpha value is -2.85. The first kappa shape index (κ1) is 24.8. The summed E-state index contributed by atoms with van der Waals surface area (Å²) in [6.45, 7) is 1.19. The summed E-state index contributed by atoms with van der Waals surface area (Å²) in [4.78, 5) is 11.6. The van der Waals surface area contributed by atoms with Gasteiger partial charge in [-0.05, 0) is 35.9 Å². The van der Waals surface area contributed by atoms with E-state index in [1.165, 1.54) is 56.4 Å². The van der Waals surface area contributed by atoms with Crippen LogP contribution in [0.1, 0.15) is 35.8 Å². The van der Waals surface area contributed by atoms with Crippen molar-refractivity contribution in [2.24, 2.45) is 7.05 Å². The van der Waals surface area contributed by atoms with Gasteiger partial charge in [0.15, 0.2) is 11.9 Å². The topological polar surface area (TPSA) is 91.9 Å². The molecule has 0 radical (unpaired) electrons. The van der Waals surface area contributed by atoms with Crippen molar-refractivity contribution in [1.29, 1.82) is 0 Å². The molecule has 3 aromatic rings. The van der Waals surface area contributed by atoms with Gasteiger partial charge in [0.2, 0.25) is 5.56 Å². The average molecular weight is 484 g/mol. The molecule has 2 atom stereocenters. The second-order valence-corrected chi connectivity index (χ2v) is 7.99. The summed E-state index contributed by atoms with van der Waals surface area (Å²) in [5.74, 6) is -0.957. The first-order valence-electron chi connectivity index (χ1n) is 9.74. The number of pyridine rings is 1. The number of alkyl halides is 3. The normalized spacial score (nSPS) is 14.7. The predicted molar refractivity (Wildman–Crippen MR) is 115 cm³/mol. The lowest BCUT2D eigenvalue weighted by molar-refractivity contribution is -0.274. The van der Waals surface area contributed by atoms with Crippen LogP contribution in [-0.4, -0.2) is 26.1 Å². The van der Waals surface area contributed by atoms with E-state index in [1.807, 2.05) is 0 Å². The lowest BCUT2D eigenvalue weighted by Gasteiger charge is -2.37. The van der Waals surface area contributed by atoms with Crippen LogP contribution in [0.2, 0.25) is 5.02 Å². The molecule has 0 aliphatic heterocycles. The summed E-state index contributed by atoms with van der Waals surface area (Å²) in [5.41, 5.74) is -4.04. The van der Waals surface area contributed by atoms with Crippen LogP contribution in [0, 0.1) is 0 Å². The maximum absolute atomic E-state index is 14.1. The zero-order chi connectivity index (χ0) is 24.6. The summed E-state index contributed by atoms with van der Waals surface area (Å²) < 4.78 is 48.9. The molecule has 6 nitrogen and oxygen atoms in total. The van der Waals surface area contributed by atoms with Gasteiger partial charge in [0, 0.05) is 41.4 Å². The van der Waals surface area contributed by atoms with Crippen molar-refractivity contribution in [3.05, 3.63) is 92.9 Å². The van der Waals surface area contributed by atoms with Crippen molar-refractivity contribution in [1.82, 2.24) is 4.57 Å². The molecular weight excluding hydrogens is 463 g/mol. The summed E-state index contributed by atoms with van der Waals surface area (Å²) in [6.07, 6.45) is -5.75. The fourth-order valence-electron chi connectivity index (χ4n) is 3.47. The highest BCUT2D eigenvalue weighted by Gasteiger charge is 2.59. The van der Waals surface area contributed by atoms with Gasteiger partial charge < -0.3 is 24.6 Å². The standard InChI is InChI=1S/C23H21ClF3NO5/c1-13(22(32,23(25,26)27)15-5-10-20(29)28(2)12-15)18-9-8-17(11-19(18)24)33-16-6-3-14(4-7-16)21(30)31/h3-13,21,30-32H,1-2H3/t13-,22-/m1/s1. The molecular formula is C23H21ClF3NO5. The van der Waals surface area contributed by atoms with E-state index >= 15 is 0 Å². The molecule has 0 saturated heterocycles. The maximum Gasteiger partial charge on any atom is 0.422 e. The van der Waals surface area contributed by atoms with E-state index in [-0.39, 0.29) is 21.9 Å². The quantitative estimate of drug-likeness (QED) is 0.453. The largest absolute Gasteiger partial charge is 0.457 e. The van der Waals surface area contributed by atoms with Gasteiger partial charge in [-0.2, -0.15) is 13.2 Å². The van der Waals surface area contributed by atoms with E-state index in [0.29, 0.717) is 5.75 Å². The molecule has 0 bridgehead atoms. The summed E-state index contributed by atoms with van der Waals surface area (Å²) in [7, 11) is 1.29. The van der Waals surface area contributed by atoms with Gasteiger partial charge >= 0.3 is 6.18 Å². The number of halogens is 4. The number of benzene rings is 2. The first-order valence-corrected chi connectivity index (χ1v) is 10.1. The lowest BCUT2D eigenvalue weighted by Crippen LogP contribution is -2.47. The molecule has 10 heteroatoms. The Bertz CT molecular complexity index is 1190. The van der Waals surface area contributed by atoms with Crippen LogP contribution in [-0.2, 0) is 12.6 Å². The minimum absolute atomic E-state index is 0.0245. The Morgan fingerprint density at radius 3 is 2.12 bits per heavy atom. The third-order valence-electron chi connectivity index (χ3n) is 5.44. The third-order valence-corrected chi connectivity index (χ3v) is 5.76. The summed E-state index contributed by atoms with van der Waals surface area (Å²) in [5, 5.41) is 29.1. The minimum atomic E-state index is -5.07. The van der Waals surface area contributed by atoms with Gasteiger partial charge in [-0.25, -0.2) is 0 Å². The number of aliphatic hydroxyl groups excluding tert-OH is 1. The van der Waals surface area contributed by atoms with E-state index in [4.69, 9.17) is 26.6 Å². The molecule has 0 aliphatic carbocycles. The highest BCUT2D eigenvalue weighted by molar-refractivity contribution is 6.31. The molecule has 0 saturated carbocycles. The Kier molecular flexibility index (Phi) is 6.90. The summed E-state index contributed by atoms with van der Waals surface area (Å²) >= 11 is 6.28. The van der Waals surface area contributed by atoms with Crippen molar-refractivity contribution in [3.63, 3.8) is 0 Å². The smallest absolute Gasteiger partial charge is 0.422 e. The monoisotopic (exact) mass is 483 g/mol. The van der Waals surface area contributed by atoms with Gasteiger partial charge in [-0.3, -0.25) is 4.79 Å². The van der Waals surface area contributed by atoms with E-state index in [0.717, 1.165) is 22.9 Å². The SMILES string of the molecule is C[C@H](c1ccc(Oc2ccc(C(O)O)cc2)cc1Cl)[C@@](O)(c1ccc(=O)n(C)c1)C(F)(F)F. The minimum Gasteiger partial charge on any atom is -0.457 e. The molecule has 1 aromatic heterocycles. The van der Waals surface area contributed by atoms with Crippen LogP contribution >= 0.6 is 11.6 Å². The predicted octanol–water partition coefficient (Wildman–Crippen LogP) is 4.37. The number of aliphatic hydroxyl groups is 3. The number of ether oxygens (including phenoxy) is 1. The Labute approximate surface area is 192 Å². The van der Waals surface area contributed by atoms with Crippen molar-refractivity contribution in [2.45, 2.75) is 30.9 Å². The number of aryl methyl sites for hydroxylation is 1. The molecule has 1 heterocycles. The van der Waals surface area contributed by atoms with Crippen molar-refractivity contribution < 1.29 is 33.2 Å². The number of rotatable bonds is 6. The molecule has 0 unspecified atom stereocenters. The molecule has 33 heavy (non-hydrogen) atoms. The second kappa shape index (κ2) is 9.18. The van der Waals surface area contributed by atoms with Gasteiger partial charge in [0.25, 0.3) is 0 Å². The van der Waals surface area contributed by atoms with E-state index in [1.54, 1.807) is 0 Å². The highest BCUT2D eigenvalue weighted by Crippen LogP contribution is 2.49. The van der Waals surface area contributed by atoms with Crippen LogP contribution in [0.5, 0.6) is 11.5 Å². The molecule has 0 fully saturated rings. The highest BCUT2D eigenvalue weighted by atomic mass is 35.5. The fourth-order valence-corrected chi connectivity index (χ4v) is 3.80. The molecule has 0 amide bonds. The Morgan fingerprint density at radius 1 is 1.00 bits per heavy atom. The van der Waals surface area contributed by atoms with E-state index < -0.39 is 35.1 Å². The van der Waals surface area contributed by atoms with E-state index in [9.17, 15) is 23.1 Å². The third kappa shape index (κ3) is 4.91. The van der Waals surface area contributed by atoms with Gasteiger partial charge in [0.05, 0.1) is 0 Å². The fraction of sp³-hybridized carbons (Fsp3) is 0.261. The van der Waals surface area contributed by atoms with Gasteiger partial charge in [0.1, 0.15) is 11.5 Å². The molecule has 0 aliphatic rings. The van der Waals surface area contributed by atoms with Crippen LogP contribution < -0.4 is 10.3 Å². The molecule has 0 spiro atoms. The second-order valence-electron chi connectivity index (χ2n) is 7.58. The zero-order valence-electron chi connectivity index (χ0n) is 17.5. The van der Waals surface area contributed by atoms with Crippen LogP contribution in [0.25, 0.3) is 0 Å². The number of nitrogens with zero attached hydrogens (tertiary/aromatic N) is 1. The average Bonchev–Trinajstić information content (AvgIpc) is 2.74. The first-order chi connectivity index (χ1) is 15.3. The van der Waals surface area contributed by atoms with Crippen LogP contribution in [0.4, 0.5) is 13.2 Å². The molecule has 176 valence electrons. The number of hydrogen-bond donors (Lipinski definition) is 3. The summed E-state index contributed by atoms with van der Waals surface area (Å²) in [6, 6.07) is 11.8. The van der Waals surface area contributed by atoms with Crippen molar-refractivity contribution in [2.75, 3.05) is 0 Å². The molecule has 2 aromatic carbocycles. The van der Waals surface area contributed by atoms with Crippen LogP contribution in [0.3, 0.4) is 0 Å². The lowest BCUT2D eigenvalue weighted by atomic mass is 9.78. The van der Waals surface area contributed by atoms with Gasteiger partial charge in [-0.15, -0.1) is 0 Å². The Balaban J connectivity index is 1.95. The number of aromatic nitrogens is 1. The van der Waals surface area contributed by atoms with Crippen molar-refractivity contribution >= 4 is 11.6 Å². The van der Waals surface area contributed by atoms with Crippen molar-refractivity contribution in [3.8, 4) is 11.5 Å². The maximum atomic E-state index is 14.1. The van der Waals surface area contributed by atoms with E-state index in [2.05, 4.69) is 0 Å². The Morgan fingerprint density at radius 2 is 1.61 bits per heavy atom. The zero-order valence-corrected chi connectivity index (χ0v) is 18.3.